The molecule has 1 heterocycles. The van der Waals surface area contributed by atoms with Crippen LogP contribution < -0.4 is 4.74 Å². The fourth-order valence-corrected chi connectivity index (χ4v) is 4.84. The predicted octanol–water partition coefficient (Wildman–Crippen LogP) is 3.01. The van der Waals surface area contributed by atoms with E-state index >= 15 is 0 Å². The molecule has 1 fully saturated rings. The maximum atomic E-state index is 10.9. The number of hydrogen-bond acceptors (Lipinski definition) is 4. The van der Waals surface area contributed by atoms with E-state index in [9.17, 15) is 5.11 Å². The third-order valence-corrected chi connectivity index (χ3v) is 6.07. The van der Waals surface area contributed by atoms with E-state index in [1.54, 1.807) is 14.2 Å². The lowest BCUT2D eigenvalue weighted by Crippen LogP contribution is -2.54. The van der Waals surface area contributed by atoms with Crippen molar-refractivity contribution in [2.24, 2.45) is 5.92 Å². The van der Waals surface area contributed by atoms with E-state index < -0.39 is 0 Å². The van der Waals surface area contributed by atoms with Crippen LogP contribution in [0.4, 0.5) is 0 Å². The lowest BCUT2D eigenvalue weighted by molar-refractivity contribution is 0.171. The van der Waals surface area contributed by atoms with Crippen LogP contribution in [0.25, 0.3) is 0 Å². The second-order valence-corrected chi connectivity index (χ2v) is 7.23. The van der Waals surface area contributed by atoms with Crippen molar-refractivity contribution in [3.8, 4) is 11.5 Å². The summed E-state index contributed by atoms with van der Waals surface area (Å²) in [6.07, 6.45) is 6.48. The Bertz CT molecular complexity index is 751. The van der Waals surface area contributed by atoms with Gasteiger partial charge >= 0.3 is 0 Å². The van der Waals surface area contributed by atoms with Crippen LogP contribution in [0.3, 0.4) is 0 Å². The number of benzene rings is 1. The predicted molar refractivity (Wildman–Crippen MR) is 93.4 cm³/mol. The monoisotopic (exact) mass is 327 g/mol. The molecule has 0 saturated carbocycles. The van der Waals surface area contributed by atoms with E-state index in [0.29, 0.717) is 11.8 Å². The average Bonchev–Trinajstić information content (AvgIpc) is 2.58. The summed E-state index contributed by atoms with van der Waals surface area (Å²) in [5, 5.41) is 10.9. The topological polar surface area (TPSA) is 41.9 Å². The molecule has 0 spiro atoms. The summed E-state index contributed by atoms with van der Waals surface area (Å²) >= 11 is 0. The molecule has 1 aliphatic heterocycles. The van der Waals surface area contributed by atoms with Crippen LogP contribution >= 0.6 is 0 Å². The van der Waals surface area contributed by atoms with E-state index in [4.69, 9.17) is 9.47 Å². The van der Waals surface area contributed by atoms with Gasteiger partial charge in [0.05, 0.1) is 20.0 Å². The largest absolute Gasteiger partial charge is 0.504 e. The van der Waals surface area contributed by atoms with Gasteiger partial charge in [-0.3, -0.25) is 4.90 Å². The first-order valence-electron chi connectivity index (χ1n) is 8.60. The van der Waals surface area contributed by atoms with E-state index in [1.807, 2.05) is 6.07 Å². The standard InChI is InChI=1S/C20H25NO3/c1-12-9-14-15-10-13-5-6-16(23-3)19(22)18(13)20(14,7-8-21(15)2)11-17(12)24-4/h5-6,9,11-12,15,22H,7-8,10H2,1-4H3/t12-,15-,20+/m1/s1. The van der Waals surface area contributed by atoms with Crippen LogP contribution in [0.15, 0.2) is 35.6 Å². The second-order valence-electron chi connectivity index (χ2n) is 7.23. The highest BCUT2D eigenvalue weighted by atomic mass is 16.5. The minimum atomic E-state index is -0.277. The van der Waals surface area contributed by atoms with Crippen molar-refractivity contribution in [2.45, 2.75) is 31.2 Å². The molecule has 1 N–H and O–H groups in total. The Morgan fingerprint density at radius 2 is 2.04 bits per heavy atom. The highest BCUT2D eigenvalue weighted by molar-refractivity contribution is 5.64. The number of methoxy groups -OCH3 is 2. The van der Waals surface area contributed by atoms with Gasteiger partial charge in [0.25, 0.3) is 0 Å². The van der Waals surface area contributed by atoms with Gasteiger partial charge in [0, 0.05) is 22.9 Å². The molecule has 128 valence electrons. The number of likely N-dealkylation sites (tertiary alicyclic amines) is 1. The molecule has 24 heavy (non-hydrogen) atoms. The number of fused-ring (bicyclic) bond motifs is 1. The number of rotatable bonds is 2. The van der Waals surface area contributed by atoms with Crippen LogP contribution in [-0.2, 0) is 16.6 Å². The number of piperidine rings is 1. The first-order valence-corrected chi connectivity index (χ1v) is 8.60. The van der Waals surface area contributed by atoms with Crippen molar-refractivity contribution in [1.82, 2.24) is 4.90 Å². The highest BCUT2D eigenvalue weighted by Gasteiger charge is 2.51. The van der Waals surface area contributed by atoms with Gasteiger partial charge in [-0.15, -0.1) is 0 Å². The van der Waals surface area contributed by atoms with Gasteiger partial charge in [0.2, 0.25) is 0 Å². The summed E-state index contributed by atoms with van der Waals surface area (Å²) in [5.74, 6) is 2.08. The number of likely N-dealkylation sites (N-methyl/N-ethyl adjacent to an activating group) is 1. The number of phenols is 1. The zero-order valence-corrected chi connectivity index (χ0v) is 14.8. The van der Waals surface area contributed by atoms with E-state index in [1.165, 1.54) is 11.1 Å². The summed E-state index contributed by atoms with van der Waals surface area (Å²) in [7, 11) is 5.54. The van der Waals surface area contributed by atoms with Crippen LogP contribution in [0, 0.1) is 5.92 Å². The first kappa shape index (κ1) is 15.6. The molecule has 2 aliphatic carbocycles. The van der Waals surface area contributed by atoms with Crippen molar-refractivity contribution < 1.29 is 14.6 Å². The zero-order valence-electron chi connectivity index (χ0n) is 14.8. The number of ether oxygens (including phenoxy) is 2. The van der Waals surface area contributed by atoms with Crippen molar-refractivity contribution in [1.29, 1.82) is 0 Å². The van der Waals surface area contributed by atoms with Gasteiger partial charge in [-0.2, -0.15) is 0 Å². The second kappa shape index (κ2) is 5.28. The maximum absolute atomic E-state index is 10.9. The molecular formula is C20H25NO3. The molecule has 0 amide bonds. The molecule has 0 unspecified atom stereocenters. The molecule has 0 aromatic heterocycles. The Balaban J connectivity index is 2.01. The molecule has 1 aromatic carbocycles. The molecule has 4 rings (SSSR count). The van der Waals surface area contributed by atoms with Crippen LogP contribution in [-0.4, -0.2) is 43.9 Å². The Kier molecular flexibility index (Phi) is 3.43. The molecule has 1 aromatic rings. The Hall–Kier alpha value is -1.94. The minimum Gasteiger partial charge on any atom is -0.504 e. The fraction of sp³-hybridized carbons (Fsp3) is 0.500. The van der Waals surface area contributed by atoms with Crippen molar-refractivity contribution in [3.63, 3.8) is 0 Å². The summed E-state index contributed by atoms with van der Waals surface area (Å²) in [6.45, 7) is 3.17. The van der Waals surface area contributed by atoms with Gasteiger partial charge in [-0.05, 0) is 49.7 Å². The smallest absolute Gasteiger partial charge is 0.162 e. The van der Waals surface area contributed by atoms with Gasteiger partial charge in [0.15, 0.2) is 11.5 Å². The first-order chi connectivity index (χ1) is 11.5. The van der Waals surface area contributed by atoms with Crippen molar-refractivity contribution >= 4 is 0 Å². The number of hydrogen-bond donors (Lipinski definition) is 1. The summed E-state index contributed by atoms with van der Waals surface area (Å²) < 4.78 is 11.1. The van der Waals surface area contributed by atoms with Gasteiger partial charge in [-0.1, -0.05) is 19.1 Å². The SMILES string of the molecule is COC1=C[C@]23CCN(C)[C@H](Cc4ccc(OC)c(O)c42)C3=C[C@H]1C. The number of nitrogens with zero attached hydrogens (tertiary/aromatic N) is 1. The van der Waals surface area contributed by atoms with Gasteiger partial charge in [-0.25, -0.2) is 0 Å². The lowest BCUT2D eigenvalue weighted by Gasteiger charge is -2.53. The number of allylic oxidation sites excluding steroid dienone is 2. The molecule has 2 bridgehead atoms. The number of phenolic OH excluding ortho intramolecular Hbond substituents is 1. The average molecular weight is 327 g/mol. The Morgan fingerprint density at radius 1 is 1.25 bits per heavy atom. The normalized spacial score (nSPS) is 31.5. The van der Waals surface area contributed by atoms with E-state index in [-0.39, 0.29) is 17.1 Å². The van der Waals surface area contributed by atoms with Crippen molar-refractivity contribution in [2.75, 3.05) is 27.8 Å². The molecule has 1 saturated heterocycles. The molecule has 0 radical (unpaired) electrons. The lowest BCUT2D eigenvalue weighted by atomic mass is 9.58. The minimum absolute atomic E-state index is 0.265. The van der Waals surface area contributed by atoms with Crippen LogP contribution in [0.5, 0.6) is 11.5 Å². The quantitative estimate of drug-likeness (QED) is 0.848. The third-order valence-electron chi connectivity index (χ3n) is 6.07. The Labute approximate surface area is 143 Å². The Morgan fingerprint density at radius 3 is 2.75 bits per heavy atom. The van der Waals surface area contributed by atoms with Crippen LogP contribution in [0.2, 0.25) is 0 Å². The molecule has 3 atom stereocenters. The number of aromatic hydroxyl groups is 1. The fourth-order valence-electron chi connectivity index (χ4n) is 4.84. The molecule has 3 aliphatic rings. The third kappa shape index (κ3) is 1.89. The summed E-state index contributed by atoms with van der Waals surface area (Å²) in [5.41, 5.74) is 3.35. The zero-order chi connectivity index (χ0) is 17.1. The van der Waals surface area contributed by atoms with E-state index in [2.05, 4.69) is 37.1 Å². The highest BCUT2D eigenvalue weighted by Crippen LogP contribution is 2.56. The van der Waals surface area contributed by atoms with Crippen molar-refractivity contribution in [3.05, 3.63) is 46.7 Å². The molecule has 4 heteroatoms. The van der Waals surface area contributed by atoms with Gasteiger partial charge < -0.3 is 14.6 Å². The maximum Gasteiger partial charge on any atom is 0.162 e. The summed E-state index contributed by atoms with van der Waals surface area (Å²) in [6, 6.07) is 4.37. The van der Waals surface area contributed by atoms with E-state index in [0.717, 1.165) is 30.7 Å². The van der Waals surface area contributed by atoms with Crippen LogP contribution in [0.1, 0.15) is 24.5 Å². The molecular weight excluding hydrogens is 302 g/mol. The molecule has 4 nitrogen and oxygen atoms in total. The summed E-state index contributed by atoms with van der Waals surface area (Å²) in [4.78, 5) is 2.44. The van der Waals surface area contributed by atoms with Gasteiger partial charge in [0.1, 0.15) is 0 Å².